The molecule has 24 heavy (non-hydrogen) atoms. The van der Waals surface area contributed by atoms with Gasteiger partial charge in [0, 0.05) is 51.2 Å². The average molecular weight is 334 g/mol. The number of alkyl halides is 1. The van der Waals surface area contributed by atoms with Gasteiger partial charge in [-0.15, -0.1) is 0 Å². The molecule has 2 atom stereocenters. The minimum atomic E-state index is -0.833. The topological polar surface area (TPSA) is 64.6 Å². The maximum absolute atomic E-state index is 12.9. The third-order valence-corrected chi connectivity index (χ3v) is 5.26. The van der Waals surface area contributed by atoms with Crippen molar-refractivity contribution in [2.45, 2.75) is 24.7 Å². The maximum Gasteiger partial charge on any atom is 0.239 e. The summed E-state index contributed by atoms with van der Waals surface area (Å²) in [6, 6.07) is 0.228. The standard InChI is InChI=1S/C16H23FN6O/c17-12-10-23(11-12)16(24)14-7-13(8-20-14)21-3-5-22(6-4-21)15-9-18-1-2-19-15/h1-2,9,12-14,20H,3-8,10-11H2/t13-,14-/m0/s1. The fraction of sp³-hybridized carbons (Fsp3) is 0.688. The first-order valence-electron chi connectivity index (χ1n) is 8.62. The highest BCUT2D eigenvalue weighted by Crippen LogP contribution is 2.21. The summed E-state index contributed by atoms with van der Waals surface area (Å²) in [6.45, 7) is 5.11. The number of hydrogen-bond donors (Lipinski definition) is 1. The van der Waals surface area contributed by atoms with E-state index in [2.05, 4.69) is 25.1 Å². The van der Waals surface area contributed by atoms with Crippen molar-refractivity contribution in [2.75, 3.05) is 50.7 Å². The molecule has 4 heterocycles. The van der Waals surface area contributed by atoms with Crippen LogP contribution < -0.4 is 10.2 Å². The lowest BCUT2D eigenvalue weighted by Crippen LogP contribution is -2.56. The quantitative estimate of drug-likeness (QED) is 0.805. The highest BCUT2D eigenvalue weighted by atomic mass is 19.1. The van der Waals surface area contributed by atoms with Gasteiger partial charge in [-0.25, -0.2) is 9.37 Å². The van der Waals surface area contributed by atoms with Crippen LogP contribution in [0.3, 0.4) is 0 Å². The number of rotatable bonds is 3. The molecule has 0 unspecified atom stereocenters. The molecule has 3 aliphatic heterocycles. The van der Waals surface area contributed by atoms with Gasteiger partial charge in [0.15, 0.2) is 0 Å². The average Bonchev–Trinajstić information content (AvgIpc) is 3.09. The molecule has 7 nitrogen and oxygen atoms in total. The van der Waals surface area contributed by atoms with Gasteiger partial charge in [0.1, 0.15) is 12.0 Å². The first-order valence-corrected chi connectivity index (χ1v) is 8.62. The molecular formula is C16H23FN6O. The Labute approximate surface area is 140 Å². The molecule has 1 N–H and O–H groups in total. The van der Waals surface area contributed by atoms with Gasteiger partial charge in [-0.3, -0.25) is 14.7 Å². The number of amides is 1. The third kappa shape index (κ3) is 3.08. The number of halogens is 1. The molecule has 8 heteroatoms. The van der Waals surface area contributed by atoms with E-state index in [9.17, 15) is 9.18 Å². The normalized spacial score (nSPS) is 28.9. The molecule has 3 fully saturated rings. The Kier molecular flexibility index (Phi) is 4.32. The van der Waals surface area contributed by atoms with E-state index in [1.807, 2.05) is 0 Å². The van der Waals surface area contributed by atoms with Crippen molar-refractivity contribution < 1.29 is 9.18 Å². The summed E-state index contributed by atoms with van der Waals surface area (Å²) in [6.07, 6.45) is 5.19. The van der Waals surface area contributed by atoms with E-state index in [0.717, 1.165) is 45.0 Å². The number of piperazine rings is 1. The zero-order valence-corrected chi connectivity index (χ0v) is 13.6. The van der Waals surface area contributed by atoms with Crippen LogP contribution in [0.5, 0.6) is 0 Å². The van der Waals surface area contributed by atoms with Crippen LogP contribution in [-0.4, -0.2) is 89.7 Å². The Morgan fingerprint density at radius 1 is 1.21 bits per heavy atom. The second-order valence-electron chi connectivity index (χ2n) is 6.78. The first-order chi connectivity index (χ1) is 11.7. The number of carbonyl (C=O) groups is 1. The number of nitrogens with one attached hydrogen (secondary N) is 1. The molecule has 1 amide bonds. The Morgan fingerprint density at radius 3 is 2.67 bits per heavy atom. The molecule has 0 aromatic carbocycles. The molecule has 1 aromatic heterocycles. The van der Waals surface area contributed by atoms with E-state index in [4.69, 9.17) is 0 Å². The van der Waals surface area contributed by atoms with Gasteiger partial charge in [0.2, 0.25) is 5.91 Å². The molecule has 0 saturated carbocycles. The van der Waals surface area contributed by atoms with Gasteiger partial charge in [0.05, 0.1) is 25.3 Å². The lowest BCUT2D eigenvalue weighted by atomic mass is 10.1. The monoisotopic (exact) mass is 334 g/mol. The van der Waals surface area contributed by atoms with Crippen molar-refractivity contribution in [3.8, 4) is 0 Å². The number of carbonyl (C=O) groups excluding carboxylic acids is 1. The van der Waals surface area contributed by atoms with Crippen LogP contribution in [0.4, 0.5) is 10.2 Å². The van der Waals surface area contributed by atoms with Gasteiger partial charge in [-0.1, -0.05) is 0 Å². The van der Waals surface area contributed by atoms with Gasteiger partial charge in [-0.2, -0.15) is 0 Å². The zero-order chi connectivity index (χ0) is 16.5. The number of anilines is 1. The minimum Gasteiger partial charge on any atom is -0.353 e. The molecule has 0 aliphatic carbocycles. The van der Waals surface area contributed by atoms with Crippen LogP contribution in [0.25, 0.3) is 0 Å². The highest BCUT2D eigenvalue weighted by Gasteiger charge is 2.39. The predicted molar refractivity (Wildman–Crippen MR) is 87.5 cm³/mol. The number of hydrogen-bond acceptors (Lipinski definition) is 6. The van der Waals surface area contributed by atoms with Crippen molar-refractivity contribution in [3.63, 3.8) is 0 Å². The number of nitrogens with zero attached hydrogens (tertiary/aromatic N) is 5. The van der Waals surface area contributed by atoms with Crippen molar-refractivity contribution in [2.24, 2.45) is 0 Å². The lowest BCUT2D eigenvalue weighted by Gasteiger charge is -2.38. The zero-order valence-electron chi connectivity index (χ0n) is 13.6. The Hall–Kier alpha value is -1.80. The van der Waals surface area contributed by atoms with E-state index in [-0.39, 0.29) is 25.0 Å². The van der Waals surface area contributed by atoms with Crippen LogP contribution in [0.15, 0.2) is 18.6 Å². The molecular weight excluding hydrogens is 311 g/mol. The van der Waals surface area contributed by atoms with E-state index in [0.29, 0.717) is 6.04 Å². The van der Waals surface area contributed by atoms with Gasteiger partial charge >= 0.3 is 0 Å². The summed E-state index contributed by atoms with van der Waals surface area (Å²) in [4.78, 5) is 27.1. The molecule has 130 valence electrons. The molecule has 0 spiro atoms. The largest absolute Gasteiger partial charge is 0.353 e. The maximum atomic E-state index is 12.9. The summed E-state index contributed by atoms with van der Waals surface area (Å²) in [5.74, 6) is 0.984. The Balaban J connectivity index is 1.27. The Morgan fingerprint density at radius 2 is 2.00 bits per heavy atom. The van der Waals surface area contributed by atoms with Crippen LogP contribution in [-0.2, 0) is 4.79 Å². The summed E-state index contributed by atoms with van der Waals surface area (Å²) in [7, 11) is 0. The molecule has 0 bridgehead atoms. The smallest absolute Gasteiger partial charge is 0.239 e. The third-order valence-electron chi connectivity index (χ3n) is 5.26. The minimum absolute atomic E-state index is 0.0598. The van der Waals surface area contributed by atoms with E-state index in [1.165, 1.54) is 0 Å². The fourth-order valence-electron chi connectivity index (χ4n) is 3.78. The molecule has 4 rings (SSSR count). The molecule has 3 aliphatic rings. The molecule has 1 aromatic rings. The lowest BCUT2D eigenvalue weighted by molar-refractivity contribution is -0.140. The van der Waals surface area contributed by atoms with Gasteiger partial charge in [-0.05, 0) is 6.42 Å². The SMILES string of the molecule is O=C([C@@H]1C[C@H](N2CCN(c3cnccn3)CC2)CN1)N1CC(F)C1. The second kappa shape index (κ2) is 6.60. The molecule has 0 radical (unpaired) electrons. The summed E-state index contributed by atoms with van der Waals surface area (Å²) >= 11 is 0. The Bertz CT molecular complexity index is 573. The van der Waals surface area contributed by atoms with E-state index >= 15 is 0 Å². The summed E-state index contributed by atoms with van der Waals surface area (Å²) in [5.41, 5.74) is 0. The first kappa shape index (κ1) is 15.7. The van der Waals surface area contributed by atoms with Crippen molar-refractivity contribution >= 4 is 11.7 Å². The van der Waals surface area contributed by atoms with Gasteiger partial charge < -0.3 is 15.1 Å². The summed E-state index contributed by atoms with van der Waals surface area (Å²) in [5, 5.41) is 3.32. The predicted octanol–water partition coefficient (Wildman–Crippen LogP) is -0.491. The van der Waals surface area contributed by atoms with Crippen LogP contribution in [0, 0.1) is 0 Å². The fourth-order valence-corrected chi connectivity index (χ4v) is 3.78. The second-order valence-corrected chi connectivity index (χ2v) is 6.78. The van der Waals surface area contributed by atoms with Crippen LogP contribution in [0.2, 0.25) is 0 Å². The van der Waals surface area contributed by atoms with E-state index in [1.54, 1.807) is 23.5 Å². The van der Waals surface area contributed by atoms with Crippen molar-refractivity contribution in [3.05, 3.63) is 18.6 Å². The van der Waals surface area contributed by atoms with Crippen molar-refractivity contribution in [1.82, 2.24) is 25.1 Å². The van der Waals surface area contributed by atoms with E-state index < -0.39 is 6.17 Å². The van der Waals surface area contributed by atoms with Crippen LogP contribution >= 0.6 is 0 Å². The van der Waals surface area contributed by atoms with Crippen LogP contribution in [0.1, 0.15) is 6.42 Å². The van der Waals surface area contributed by atoms with Crippen molar-refractivity contribution in [1.29, 1.82) is 0 Å². The van der Waals surface area contributed by atoms with Gasteiger partial charge in [0.25, 0.3) is 0 Å². The molecule has 3 saturated heterocycles. The highest BCUT2D eigenvalue weighted by molar-refractivity contribution is 5.83. The number of likely N-dealkylation sites (tertiary alicyclic amines) is 1. The number of aromatic nitrogens is 2. The summed E-state index contributed by atoms with van der Waals surface area (Å²) < 4.78 is 12.9.